The van der Waals surface area contributed by atoms with Crippen molar-refractivity contribution < 1.29 is 4.79 Å². The molecular formula is C19H20N4O2. The number of hydrogen-bond donors (Lipinski definition) is 1. The molecule has 0 aliphatic rings. The van der Waals surface area contributed by atoms with Crippen LogP contribution in [0.5, 0.6) is 0 Å². The Morgan fingerprint density at radius 3 is 2.60 bits per heavy atom. The van der Waals surface area contributed by atoms with Gasteiger partial charge in [0.2, 0.25) is 0 Å². The topological polar surface area (TPSA) is 76.9 Å². The van der Waals surface area contributed by atoms with Crippen LogP contribution in [0.15, 0.2) is 53.5 Å². The van der Waals surface area contributed by atoms with Crippen LogP contribution in [0.25, 0.3) is 10.8 Å². The van der Waals surface area contributed by atoms with Crippen LogP contribution in [0.3, 0.4) is 0 Å². The molecule has 1 N–H and O–H groups in total. The predicted octanol–water partition coefficient (Wildman–Crippen LogP) is 2.52. The Hall–Kier alpha value is -3.02. The molecule has 0 atom stereocenters. The van der Waals surface area contributed by atoms with Crippen molar-refractivity contribution >= 4 is 16.7 Å². The normalized spacial score (nSPS) is 10.8. The summed E-state index contributed by atoms with van der Waals surface area (Å²) in [4.78, 5) is 29.4. The van der Waals surface area contributed by atoms with E-state index in [1.54, 1.807) is 30.5 Å². The molecule has 2 heterocycles. The van der Waals surface area contributed by atoms with E-state index in [9.17, 15) is 9.59 Å². The monoisotopic (exact) mass is 336 g/mol. The van der Waals surface area contributed by atoms with Crippen molar-refractivity contribution in [2.45, 2.75) is 32.9 Å². The fourth-order valence-corrected chi connectivity index (χ4v) is 2.62. The van der Waals surface area contributed by atoms with Gasteiger partial charge in [0, 0.05) is 18.1 Å². The standard InChI is InChI=1S/C19H20N4O2/c1-2-3-12-23-19(25)16-10-5-4-9-15(16)17(22-23)18(24)21-13-14-8-6-7-11-20-14/h4-11H,2-3,12-13H2,1H3,(H,21,24). The molecule has 0 saturated heterocycles. The van der Waals surface area contributed by atoms with Gasteiger partial charge in [-0.1, -0.05) is 37.6 Å². The summed E-state index contributed by atoms with van der Waals surface area (Å²) in [5.41, 5.74) is 0.868. The van der Waals surface area contributed by atoms with Crippen LogP contribution in [0, 0.1) is 0 Å². The van der Waals surface area contributed by atoms with Gasteiger partial charge in [0.1, 0.15) is 0 Å². The van der Waals surface area contributed by atoms with Gasteiger partial charge in [0.05, 0.1) is 17.6 Å². The predicted molar refractivity (Wildman–Crippen MR) is 96.3 cm³/mol. The van der Waals surface area contributed by atoms with E-state index in [0.29, 0.717) is 23.9 Å². The minimum absolute atomic E-state index is 0.162. The lowest BCUT2D eigenvalue weighted by atomic mass is 10.1. The third-order valence-electron chi connectivity index (χ3n) is 3.96. The van der Waals surface area contributed by atoms with Crippen molar-refractivity contribution in [3.05, 3.63) is 70.4 Å². The highest BCUT2D eigenvalue weighted by Crippen LogP contribution is 2.13. The average molecular weight is 336 g/mol. The summed E-state index contributed by atoms with van der Waals surface area (Å²) in [7, 11) is 0. The van der Waals surface area contributed by atoms with E-state index in [-0.39, 0.29) is 17.2 Å². The summed E-state index contributed by atoms with van der Waals surface area (Å²) in [6.45, 7) is 2.86. The lowest BCUT2D eigenvalue weighted by molar-refractivity contribution is 0.0945. The summed E-state index contributed by atoms with van der Waals surface area (Å²) in [5.74, 6) is -0.313. The summed E-state index contributed by atoms with van der Waals surface area (Å²) in [6.07, 6.45) is 3.46. The van der Waals surface area contributed by atoms with E-state index >= 15 is 0 Å². The van der Waals surface area contributed by atoms with Gasteiger partial charge in [-0.25, -0.2) is 4.68 Å². The fraction of sp³-hybridized carbons (Fsp3) is 0.263. The third kappa shape index (κ3) is 3.74. The zero-order chi connectivity index (χ0) is 17.6. The number of unbranched alkanes of at least 4 members (excludes halogenated alkanes) is 1. The Bertz CT molecular complexity index is 935. The van der Waals surface area contributed by atoms with Crippen molar-refractivity contribution in [1.82, 2.24) is 20.1 Å². The Balaban J connectivity index is 1.94. The molecule has 0 bridgehead atoms. The Morgan fingerprint density at radius 2 is 1.88 bits per heavy atom. The number of fused-ring (bicyclic) bond motifs is 1. The first kappa shape index (κ1) is 16.8. The second kappa shape index (κ2) is 7.70. The Kier molecular flexibility index (Phi) is 5.18. The number of rotatable bonds is 6. The zero-order valence-corrected chi connectivity index (χ0v) is 14.1. The second-order valence-electron chi connectivity index (χ2n) is 5.78. The largest absolute Gasteiger partial charge is 0.345 e. The molecule has 0 aliphatic carbocycles. The molecular weight excluding hydrogens is 316 g/mol. The number of pyridine rings is 1. The molecule has 0 radical (unpaired) electrons. The van der Waals surface area contributed by atoms with Crippen LogP contribution in [-0.4, -0.2) is 20.7 Å². The van der Waals surface area contributed by atoms with Crippen molar-refractivity contribution in [2.24, 2.45) is 0 Å². The molecule has 1 amide bonds. The van der Waals surface area contributed by atoms with E-state index in [4.69, 9.17) is 0 Å². The smallest absolute Gasteiger partial charge is 0.274 e. The number of carbonyl (C=O) groups excluding carboxylic acids is 1. The number of carbonyl (C=O) groups is 1. The van der Waals surface area contributed by atoms with E-state index in [1.165, 1.54) is 4.68 Å². The summed E-state index contributed by atoms with van der Waals surface area (Å²) in [6, 6.07) is 12.6. The number of aromatic nitrogens is 3. The van der Waals surface area contributed by atoms with E-state index < -0.39 is 0 Å². The lowest BCUT2D eigenvalue weighted by Gasteiger charge is -2.11. The second-order valence-corrected chi connectivity index (χ2v) is 5.78. The van der Waals surface area contributed by atoms with Crippen molar-refractivity contribution in [2.75, 3.05) is 0 Å². The number of amides is 1. The van der Waals surface area contributed by atoms with Crippen LogP contribution in [0.2, 0.25) is 0 Å². The molecule has 6 heteroatoms. The maximum Gasteiger partial charge on any atom is 0.274 e. The minimum atomic E-state index is -0.313. The van der Waals surface area contributed by atoms with Gasteiger partial charge >= 0.3 is 0 Å². The third-order valence-corrected chi connectivity index (χ3v) is 3.96. The van der Waals surface area contributed by atoms with Gasteiger partial charge in [-0.15, -0.1) is 0 Å². The molecule has 3 rings (SSSR count). The molecule has 6 nitrogen and oxygen atoms in total. The van der Waals surface area contributed by atoms with E-state index in [1.807, 2.05) is 25.1 Å². The number of benzene rings is 1. The zero-order valence-electron chi connectivity index (χ0n) is 14.1. The van der Waals surface area contributed by atoms with Crippen LogP contribution >= 0.6 is 0 Å². The number of hydrogen-bond acceptors (Lipinski definition) is 4. The van der Waals surface area contributed by atoms with E-state index in [2.05, 4.69) is 15.4 Å². The minimum Gasteiger partial charge on any atom is -0.345 e. The van der Waals surface area contributed by atoms with Gasteiger partial charge in [-0.2, -0.15) is 5.10 Å². The van der Waals surface area contributed by atoms with Gasteiger partial charge < -0.3 is 5.32 Å². The molecule has 2 aromatic heterocycles. The molecule has 0 fully saturated rings. The number of nitrogens with one attached hydrogen (secondary N) is 1. The first-order valence-corrected chi connectivity index (χ1v) is 8.38. The number of nitrogens with zero attached hydrogens (tertiary/aromatic N) is 3. The molecule has 3 aromatic rings. The number of aryl methyl sites for hydroxylation is 1. The van der Waals surface area contributed by atoms with Gasteiger partial charge in [0.15, 0.2) is 5.69 Å². The Labute approximate surface area is 145 Å². The van der Waals surface area contributed by atoms with Crippen molar-refractivity contribution in [3.63, 3.8) is 0 Å². The lowest BCUT2D eigenvalue weighted by Crippen LogP contribution is -2.30. The maximum absolute atomic E-state index is 12.7. The summed E-state index contributed by atoms with van der Waals surface area (Å²) < 4.78 is 1.39. The molecule has 25 heavy (non-hydrogen) atoms. The van der Waals surface area contributed by atoms with Crippen LogP contribution < -0.4 is 10.9 Å². The molecule has 0 spiro atoms. The summed E-state index contributed by atoms with van der Waals surface area (Å²) in [5, 5.41) is 8.23. The Morgan fingerprint density at radius 1 is 1.12 bits per heavy atom. The fourth-order valence-electron chi connectivity index (χ4n) is 2.62. The quantitative estimate of drug-likeness (QED) is 0.750. The SMILES string of the molecule is CCCCn1nc(C(=O)NCc2ccccn2)c2ccccc2c1=O. The van der Waals surface area contributed by atoms with E-state index in [0.717, 1.165) is 18.5 Å². The van der Waals surface area contributed by atoms with Gasteiger partial charge in [-0.3, -0.25) is 14.6 Å². The highest BCUT2D eigenvalue weighted by molar-refractivity contribution is 6.04. The van der Waals surface area contributed by atoms with Gasteiger partial charge in [-0.05, 0) is 24.6 Å². The first-order valence-electron chi connectivity index (χ1n) is 8.38. The molecule has 1 aromatic carbocycles. The first-order chi connectivity index (χ1) is 12.2. The molecule has 0 unspecified atom stereocenters. The van der Waals surface area contributed by atoms with Crippen LogP contribution in [-0.2, 0) is 13.1 Å². The van der Waals surface area contributed by atoms with Crippen LogP contribution in [0.4, 0.5) is 0 Å². The molecule has 0 aliphatic heterocycles. The molecule has 0 saturated carbocycles. The highest BCUT2D eigenvalue weighted by atomic mass is 16.2. The molecule has 128 valence electrons. The average Bonchev–Trinajstić information content (AvgIpc) is 2.66. The summed E-state index contributed by atoms with van der Waals surface area (Å²) >= 11 is 0. The maximum atomic E-state index is 12.7. The van der Waals surface area contributed by atoms with Crippen molar-refractivity contribution in [1.29, 1.82) is 0 Å². The van der Waals surface area contributed by atoms with Gasteiger partial charge in [0.25, 0.3) is 11.5 Å². The van der Waals surface area contributed by atoms with Crippen molar-refractivity contribution in [3.8, 4) is 0 Å². The van der Waals surface area contributed by atoms with Crippen LogP contribution in [0.1, 0.15) is 35.9 Å². The highest BCUT2D eigenvalue weighted by Gasteiger charge is 2.16.